The third-order valence-electron chi connectivity index (χ3n) is 4.51. The van der Waals surface area contributed by atoms with Gasteiger partial charge in [-0.3, -0.25) is 0 Å². The Kier molecular flexibility index (Phi) is 3.35. The van der Waals surface area contributed by atoms with E-state index in [9.17, 15) is 5.11 Å². The molecule has 0 spiro atoms. The van der Waals surface area contributed by atoms with Crippen LogP contribution in [0.4, 0.5) is 0 Å². The SMILES string of the molecule is OC1(c2ccccc2Cl)CCN2CCCCC2C1. The fourth-order valence-electron chi connectivity index (χ4n) is 3.49. The van der Waals surface area contributed by atoms with Gasteiger partial charge in [0.15, 0.2) is 0 Å². The van der Waals surface area contributed by atoms with Gasteiger partial charge < -0.3 is 10.0 Å². The smallest absolute Gasteiger partial charge is 0.0938 e. The van der Waals surface area contributed by atoms with Gasteiger partial charge in [-0.1, -0.05) is 36.2 Å². The summed E-state index contributed by atoms with van der Waals surface area (Å²) in [6.07, 6.45) is 5.44. The zero-order chi connectivity index (χ0) is 12.6. The van der Waals surface area contributed by atoms with E-state index in [1.165, 1.54) is 25.8 Å². The first kappa shape index (κ1) is 12.5. The van der Waals surface area contributed by atoms with Gasteiger partial charge in [0.2, 0.25) is 0 Å². The Labute approximate surface area is 114 Å². The molecule has 3 heteroatoms. The molecular formula is C15H20ClNO. The molecule has 1 aromatic carbocycles. The highest BCUT2D eigenvalue weighted by Crippen LogP contribution is 2.41. The van der Waals surface area contributed by atoms with Crippen LogP contribution in [0.25, 0.3) is 0 Å². The number of halogens is 1. The van der Waals surface area contributed by atoms with Crippen LogP contribution in [0.15, 0.2) is 24.3 Å². The highest BCUT2D eigenvalue weighted by molar-refractivity contribution is 6.31. The number of aliphatic hydroxyl groups is 1. The minimum Gasteiger partial charge on any atom is -0.385 e. The van der Waals surface area contributed by atoms with Gasteiger partial charge in [-0.05, 0) is 38.3 Å². The number of rotatable bonds is 1. The lowest BCUT2D eigenvalue weighted by atomic mass is 9.78. The molecule has 0 radical (unpaired) electrons. The predicted octanol–water partition coefficient (Wildman–Crippen LogP) is 3.18. The van der Waals surface area contributed by atoms with E-state index in [1.54, 1.807) is 0 Å². The third-order valence-corrected chi connectivity index (χ3v) is 4.84. The van der Waals surface area contributed by atoms with E-state index >= 15 is 0 Å². The Morgan fingerprint density at radius 2 is 2.06 bits per heavy atom. The van der Waals surface area contributed by atoms with Crippen molar-refractivity contribution in [1.82, 2.24) is 4.90 Å². The van der Waals surface area contributed by atoms with E-state index in [-0.39, 0.29) is 0 Å². The standard InChI is InChI=1S/C15H20ClNO/c16-14-7-2-1-6-13(14)15(18)8-10-17-9-4-3-5-12(17)11-15/h1-2,6-7,12,18H,3-5,8-11H2. The van der Waals surface area contributed by atoms with Crippen LogP contribution < -0.4 is 0 Å². The summed E-state index contributed by atoms with van der Waals surface area (Å²) in [6, 6.07) is 8.27. The Balaban J connectivity index is 1.85. The third kappa shape index (κ3) is 2.18. The molecule has 2 saturated heterocycles. The molecular weight excluding hydrogens is 246 g/mol. The Bertz CT molecular complexity index is 436. The molecule has 18 heavy (non-hydrogen) atoms. The molecule has 2 fully saturated rings. The van der Waals surface area contributed by atoms with Crippen LogP contribution in [0.3, 0.4) is 0 Å². The second-order valence-corrected chi connectivity index (χ2v) is 6.06. The topological polar surface area (TPSA) is 23.5 Å². The average Bonchev–Trinajstić information content (AvgIpc) is 2.39. The van der Waals surface area contributed by atoms with Gasteiger partial charge in [0.1, 0.15) is 0 Å². The molecule has 2 unspecified atom stereocenters. The van der Waals surface area contributed by atoms with Crippen molar-refractivity contribution >= 4 is 11.6 Å². The zero-order valence-corrected chi connectivity index (χ0v) is 11.4. The molecule has 2 atom stereocenters. The highest BCUT2D eigenvalue weighted by atomic mass is 35.5. The van der Waals surface area contributed by atoms with Crippen molar-refractivity contribution in [2.45, 2.75) is 43.7 Å². The molecule has 0 amide bonds. The molecule has 1 aromatic rings. The van der Waals surface area contributed by atoms with Crippen LogP contribution in [0.5, 0.6) is 0 Å². The molecule has 3 rings (SSSR count). The maximum Gasteiger partial charge on any atom is 0.0938 e. The number of hydrogen-bond donors (Lipinski definition) is 1. The van der Waals surface area contributed by atoms with Gasteiger partial charge in [0.05, 0.1) is 5.60 Å². The number of hydrogen-bond acceptors (Lipinski definition) is 2. The quantitative estimate of drug-likeness (QED) is 0.843. The molecule has 0 aromatic heterocycles. The van der Waals surface area contributed by atoms with Crippen LogP contribution in [0, 0.1) is 0 Å². The Morgan fingerprint density at radius 3 is 2.89 bits per heavy atom. The number of piperidine rings is 2. The summed E-state index contributed by atoms with van der Waals surface area (Å²) in [7, 11) is 0. The van der Waals surface area contributed by atoms with Crippen molar-refractivity contribution in [1.29, 1.82) is 0 Å². The molecule has 2 nitrogen and oxygen atoms in total. The van der Waals surface area contributed by atoms with Crippen LogP contribution in [-0.2, 0) is 5.60 Å². The van der Waals surface area contributed by atoms with E-state index in [0.717, 1.165) is 24.9 Å². The molecule has 2 aliphatic rings. The van der Waals surface area contributed by atoms with Crippen LogP contribution in [-0.4, -0.2) is 29.1 Å². The molecule has 0 aliphatic carbocycles. The average molecular weight is 266 g/mol. The fourth-order valence-corrected chi connectivity index (χ4v) is 3.80. The van der Waals surface area contributed by atoms with Crippen LogP contribution in [0.2, 0.25) is 5.02 Å². The summed E-state index contributed by atoms with van der Waals surface area (Å²) in [5, 5.41) is 11.6. The molecule has 98 valence electrons. The maximum atomic E-state index is 11.0. The first-order chi connectivity index (χ1) is 8.69. The monoisotopic (exact) mass is 265 g/mol. The van der Waals surface area contributed by atoms with Crippen molar-refractivity contribution in [2.24, 2.45) is 0 Å². The lowest BCUT2D eigenvalue weighted by molar-refractivity contribution is -0.0611. The summed E-state index contributed by atoms with van der Waals surface area (Å²) < 4.78 is 0. The number of fused-ring (bicyclic) bond motifs is 1. The van der Waals surface area contributed by atoms with Crippen molar-refractivity contribution < 1.29 is 5.11 Å². The first-order valence-electron chi connectivity index (χ1n) is 6.90. The van der Waals surface area contributed by atoms with Crippen LogP contribution >= 0.6 is 11.6 Å². The summed E-state index contributed by atoms with van der Waals surface area (Å²) in [5.41, 5.74) is 0.188. The fraction of sp³-hybridized carbons (Fsp3) is 0.600. The van der Waals surface area contributed by atoms with Gasteiger partial charge in [-0.2, -0.15) is 0 Å². The summed E-state index contributed by atoms with van der Waals surface area (Å²) in [4.78, 5) is 2.54. The lowest BCUT2D eigenvalue weighted by Gasteiger charge is -2.46. The van der Waals surface area contributed by atoms with Crippen molar-refractivity contribution in [3.63, 3.8) is 0 Å². The Hall–Kier alpha value is -0.570. The zero-order valence-electron chi connectivity index (χ0n) is 10.6. The van der Waals surface area contributed by atoms with Gasteiger partial charge >= 0.3 is 0 Å². The summed E-state index contributed by atoms with van der Waals surface area (Å²) in [5.74, 6) is 0. The highest BCUT2D eigenvalue weighted by Gasteiger charge is 2.41. The first-order valence-corrected chi connectivity index (χ1v) is 7.28. The predicted molar refractivity (Wildman–Crippen MR) is 73.8 cm³/mol. The minimum absolute atomic E-state index is 0.536. The van der Waals surface area contributed by atoms with Gasteiger partial charge in [0, 0.05) is 23.2 Å². The second kappa shape index (κ2) is 4.84. The summed E-state index contributed by atoms with van der Waals surface area (Å²) in [6.45, 7) is 2.19. The molecule has 0 saturated carbocycles. The van der Waals surface area contributed by atoms with Crippen molar-refractivity contribution in [3.8, 4) is 0 Å². The molecule has 2 heterocycles. The van der Waals surface area contributed by atoms with Gasteiger partial charge in [-0.15, -0.1) is 0 Å². The normalized spacial score (nSPS) is 33.1. The number of nitrogens with zero attached hydrogens (tertiary/aromatic N) is 1. The number of benzene rings is 1. The van der Waals surface area contributed by atoms with Crippen molar-refractivity contribution in [3.05, 3.63) is 34.9 Å². The van der Waals surface area contributed by atoms with Crippen molar-refractivity contribution in [2.75, 3.05) is 13.1 Å². The maximum absolute atomic E-state index is 11.0. The molecule has 0 bridgehead atoms. The van der Waals surface area contributed by atoms with E-state index in [2.05, 4.69) is 4.90 Å². The van der Waals surface area contributed by atoms with Gasteiger partial charge in [-0.25, -0.2) is 0 Å². The van der Waals surface area contributed by atoms with E-state index < -0.39 is 5.60 Å². The van der Waals surface area contributed by atoms with Crippen LogP contribution in [0.1, 0.15) is 37.7 Å². The Morgan fingerprint density at radius 1 is 1.22 bits per heavy atom. The molecule has 2 aliphatic heterocycles. The van der Waals surface area contributed by atoms with E-state index in [1.807, 2.05) is 24.3 Å². The largest absolute Gasteiger partial charge is 0.385 e. The van der Waals surface area contributed by atoms with Gasteiger partial charge in [0.25, 0.3) is 0 Å². The van der Waals surface area contributed by atoms with E-state index in [0.29, 0.717) is 11.1 Å². The van der Waals surface area contributed by atoms with E-state index in [4.69, 9.17) is 11.6 Å². The minimum atomic E-state index is -0.725. The molecule has 1 N–H and O–H groups in total. The lowest BCUT2D eigenvalue weighted by Crippen LogP contribution is -2.51. The second-order valence-electron chi connectivity index (χ2n) is 5.65. The summed E-state index contributed by atoms with van der Waals surface area (Å²) >= 11 is 6.25.